The van der Waals surface area contributed by atoms with Crippen molar-refractivity contribution < 1.29 is 13.6 Å². The first-order valence-electron chi connectivity index (χ1n) is 10.2. The number of hydrogen-bond acceptors (Lipinski definition) is 6. The van der Waals surface area contributed by atoms with Crippen LogP contribution in [0.15, 0.2) is 65.2 Å². The smallest absolute Gasteiger partial charge is 0.298 e. The van der Waals surface area contributed by atoms with E-state index in [0.717, 1.165) is 18.7 Å². The van der Waals surface area contributed by atoms with Gasteiger partial charge in [0.25, 0.3) is 11.9 Å². The number of carbonyl (C=O) groups is 1. The van der Waals surface area contributed by atoms with Crippen molar-refractivity contribution in [3.8, 4) is 11.3 Å². The molecule has 0 saturated heterocycles. The zero-order chi connectivity index (χ0) is 22.7. The molecule has 32 heavy (non-hydrogen) atoms. The molecule has 2 heterocycles. The number of amides is 1. The van der Waals surface area contributed by atoms with Crippen LogP contribution in [0.2, 0.25) is 0 Å². The molecule has 0 fully saturated rings. The zero-order valence-electron chi connectivity index (χ0n) is 18.2. The predicted octanol–water partition coefficient (Wildman–Crippen LogP) is 4.28. The van der Waals surface area contributed by atoms with E-state index in [4.69, 9.17) is 4.42 Å². The van der Waals surface area contributed by atoms with Crippen molar-refractivity contribution in [1.82, 2.24) is 14.9 Å². The maximum Gasteiger partial charge on any atom is 0.298 e. The van der Waals surface area contributed by atoms with Gasteiger partial charge >= 0.3 is 0 Å². The van der Waals surface area contributed by atoms with Crippen LogP contribution in [0.1, 0.15) is 10.4 Å². The van der Waals surface area contributed by atoms with Gasteiger partial charge in [-0.05, 0) is 68.7 Å². The van der Waals surface area contributed by atoms with Gasteiger partial charge in [-0.15, -0.1) is 0 Å². The second-order valence-electron chi connectivity index (χ2n) is 7.80. The lowest BCUT2D eigenvalue weighted by Crippen LogP contribution is -2.28. The van der Waals surface area contributed by atoms with Gasteiger partial charge in [0.1, 0.15) is 11.3 Å². The van der Waals surface area contributed by atoms with Crippen molar-refractivity contribution in [2.24, 2.45) is 0 Å². The minimum absolute atomic E-state index is 0.283. The van der Waals surface area contributed by atoms with Crippen LogP contribution in [0.4, 0.5) is 16.1 Å². The number of carbonyl (C=O) groups excluding carboxylic acids is 1. The number of pyridine rings is 1. The normalized spacial score (nSPS) is 11.2. The van der Waals surface area contributed by atoms with Gasteiger partial charge in [0.05, 0.1) is 11.3 Å². The van der Waals surface area contributed by atoms with Crippen LogP contribution in [-0.4, -0.2) is 55.0 Å². The van der Waals surface area contributed by atoms with Gasteiger partial charge < -0.3 is 19.5 Å². The summed E-state index contributed by atoms with van der Waals surface area (Å²) in [6.07, 6.45) is 1.50. The number of hydrogen-bond donors (Lipinski definition) is 1. The number of likely N-dealkylation sites (N-methyl/N-ethyl adjacent to an activating group) is 2. The Morgan fingerprint density at radius 3 is 2.50 bits per heavy atom. The van der Waals surface area contributed by atoms with Crippen LogP contribution in [0, 0.1) is 5.82 Å². The molecule has 4 aromatic rings. The summed E-state index contributed by atoms with van der Waals surface area (Å²) in [7, 11) is 5.96. The third-order valence-electron chi connectivity index (χ3n) is 5.01. The Bertz CT molecular complexity index is 1220. The van der Waals surface area contributed by atoms with Gasteiger partial charge in [0.2, 0.25) is 0 Å². The Kier molecular flexibility index (Phi) is 6.13. The molecule has 0 unspecified atom stereocenters. The van der Waals surface area contributed by atoms with Gasteiger partial charge in [-0.2, -0.15) is 4.98 Å². The van der Waals surface area contributed by atoms with Gasteiger partial charge in [-0.3, -0.25) is 9.78 Å². The topological polar surface area (TPSA) is 74.5 Å². The molecular weight excluding hydrogens is 409 g/mol. The fourth-order valence-corrected chi connectivity index (χ4v) is 3.12. The van der Waals surface area contributed by atoms with Crippen molar-refractivity contribution >= 4 is 28.7 Å². The van der Waals surface area contributed by atoms with E-state index in [1.807, 2.05) is 26.0 Å². The predicted molar refractivity (Wildman–Crippen MR) is 123 cm³/mol. The highest BCUT2D eigenvalue weighted by Gasteiger charge is 2.13. The Labute approximate surface area is 185 Å². The van der Waals surface area contributed by atoms with E-state index in [-0.39, 0.29) is 11.7 Å². The van der Waals surface area contributed by atoms with E-state index >= 15 is 0 Å². The van der Waals surface area contributed by atoms with Crippen LogP contribution in [-0.2, 0) is 0 Å². The molecule has 2 aromatic heterocycles. The molecule has 0 aliphatic heterocycles. The Morgan fingerprint density at radius 1 is 1.03 bits per heavy atom. The maximum absolute atomic E-state index is 13.1. The average Bonchev–Trinajstić information content (AvgIpc) is 3.21. The molecule has 0 bridgehead atoms. The molecule has 4 rings (SSSR count). The number of nitrogens with one attached hydrogen (secondary N) is 1. The molecule has 0 atom stereocenters. The van der Waals surface area contributed by atoms with Gasteiger partial charge in [-0.1, -0.05) is 0 Å². The van der Waals surface area contributed by atoms with E-state index < -0.39 is 0 Å². The van der Waals surface area contributed by atoms with Crippen molar-refractivity contribution in [1.29, 1.82) is 0 Å². The Morgan fingerprint density at radius 2 is 1.81 bits per heavy atom. The van der Waals surface area contributed by atoms with E-state index in [1.165, 1.54) is 18.3 Å². The number of aromatic nitrogens is 2. The van der Waals surface area contributed by atoms with Crippen molar-refractivity contribution in [3.05, 3.63) is 72.2 Å². The van der Waals surface area contributed by atoms with Crippen LogP contribution in [0.3, 0.4) is 0 Å². The van der Waals surface area contributed by atoms with Gasteiger partial charge in [0, 0.05) is 37.6 Å². The second-order valence-corrected chi connectivity index (χ2v) is 7.80. The van der Waals surface area contributed by atoms with Crippen molar-refractivity contribution in [2.75, 3.05) is 44.4 Å². The zero-order valence-corrected chi connectivity index (χ0v) is 18.2. The standard InChI is InChI=1S/C24H24FN5O2/c1-29(2)12-13-30(3)24-28-21-14-19(9-11-22(21)32-24)27-23(31)17-6-10-20(26-15-17)16-4-7-18(25)8-5-16/h4-11,14-15H,12-13H2,1-3H3,(H,27,31). The van der Waals surface area contributed by atoms with Gasteiger partial charge in [-0.25, -0.2) is 4.39 Å². The van der Waals surface area contributed by atoms with Crippen molar-refractivity contribution in [2.45, 2.75) is 0 Å². The fraction of sp³-hybridized carbons (Fsp3) is 0.208. The van der Waals surface area contributed by atoms with Crippen LogP contribution >= 0.6 is 0 Å². The molecule has 7 nitrogen and oxygen atoms in total. The Hall–Kier alpha value is -3.78. The quantitative estimate of drug-likeness (QED) is 0.469. The van der Waals surface area contributed by atoms with Crippen LogP contribution in [0.5, 0.6) is 0 Å². The largest absolute Gasteiger partial charge is 0.423 e. The summed E-state index contributed by atoms with van der Waals surface area (Å²) in [6, 6.07) is 15.4. The third kappa shape index (κ3) is 4.92. The van der Waals surface area contributed by atoms with E-state index in [0.29, 0.717) is 34.1 Å². The number of anilines is 2. The van der Waals surface area contributed by atoms with Gasteiger partial charge in [0.15, 0.2) is 5.58 Å². The molecule has 0 aliphatic carbocycles. The van der Waals surface area contributed by atoms with E-state index in [2.05, 4.69) is 20.2 Å². The highest BCUT2D eigenvalue weighted by Crippen LogP contribution is 2.24. The Balaban J connectivity index is 1.45. The molecule has 1 N–H and O–H groups in total. The molecule has 0 radical (unpaired) electrons. The number of rotatable bonds is 7. The van der Waals surface area contributed by atoms with Crippen molar-refractivity contribution in [3.63, 3.8) is 0 Å². The first-order chi connectivity index (χ1) is 15.4. The summed E-state index contributed by atoms with van der Waals surface area (Å²) in [5, 5.41) is 2.87. The molecule has 2 aromatic carbocycles. The van der Waals surface area contributed by atoms with E-state index in [9.17, 15) is 9.18 Å². The lowest BCUT2D eigenvalue weighted by Gasteiger charge is -2.17. The highest BCUT2D eigenvalue weighted by molar-refractivity contribution is 6.04. The SMILES string of the molecule is CN(C)CCN(C)c1nc2cc(NC(=O)c3ccc(-c4ccc(F)cc4)nc3)ccc2o1. The molecule has 0 aliphatic rings. The average molecular weight is 433 g/mol. The molecule has 0 saturated carbocycles. The highest BCUT2D eigenvalue weighted by atomic mass is 19.1. The molecular formula is C24H24FN5O2. The fourth-order valence-electron chi connectivity index (χ4n) is 3.12. The molecule has 1 amide bonds. The molecule has 0 spiro atoms. The minimum Gasteiger partial charge on any atom is -0.423 e. The van der Waals surface area contributed by atoms with E-state index in [1.54, 1.807) is 42.5 Å². The lowest BCUT2D eigenvalue weighted by molar-refractivity contribution is 0.102. The summed E-state index contributed by atoms with van der Waals surface area (Å²) in [5.41, 5.74) is 3.79. The molecule has 8 heteroatoms. The third-order valence-corrected chi connectivity index (χ3v) is 5.01. The van der Waals surface area contributed by atoms with Crippen LogP contribution in [0.25, 0.3) is 22.4 Å². The lowest BCUT2D eigenvalue weighted by atomic mass is 10.1. The first kappa shape index (κ1) is 21.5. The number of oxazole rings is 1. The monoisotopic (exact) mass is 433 g/mol. The summed E-state index contributed by atoms with van der Waals surface area (Å²) < 4.78 is 18.9. The minimum atomic E-state index is -0.304. The first-order valence-corrected chi connectivity index (χ1v) is 10.2. The molecule has 164 valence electrons. The number of benzene rings is 2. The summed E-state index contributed by atoms with van der Waals surface area (Å²) in [6.45, 7) is 1.66. The summed E-state index contributed by atoms with van der Waals surface area (Å²) in [5.74, 6) is -0.588. The second kappa shape index (κ2) is 9.15. The summed E-state index contributed by atoms with van der Waals surface area (Å²) >= 11 is 0. The summed E-state index contributed by atoms with van der Waals surface area (Å²) in [4.78, 5) is 25.5. The maximum atomic E-state index is 13.1. The van der Waals surface area contributed by atoms with Crippen LogP contribution < -0.4 is 10.2 Å². The number of fused-ring (bicyclic) bond motifs is 1. The number of nitrogens with zero attached hydrogens (tertiary/aromatic N) is 4. The number of halogens is 1.